The molecule has 0 saturated carbocycles. The van der Waals surface area contributed by atoms with Crippen LogP contribution in [0.4, 0.5) is 5.82 Å². The second-order valence-electron chi connectivity index (χ2n) is 6.65. The van der Waals surface area contributed by atoms with Crippen molar-refractivity contribution in [2.24, 2.45) is 0 Å². The van der Waals surface area contributed by atoms with Crippen molar-refractivity contribution in [2.75, 3.05) is 24.6 Å². The summed E-state index contributed by atoms with van der Waals surface area (Å²) in [5, 5.41) is 20.7. The number of nitrogen functional groups attached to an aromatic ring is 1. The van der Waals surface area contributed by atoms with Gasteiger partial charge in [-0.05, 0) is 6.42 Å². The van der Waals surface area contributed by atoms with Crippen LogP contribution in [0.2, 0.25) is 0 Å². The molecule has 0 amide bonds. The molecule has 2 aliphatic heterocycles. The van der Waals surface area contributed by atoms with Crippen LogP contribution in [0.3, 0.4) is 0 Å². The molecule has 0 unspecified atom stereocenters. The van der Waals surface area contributed by atoms with Gasteiger partial charge in [-0.2, -0.15) is 13.1 Å². The van der Waals surface area contributed by atoms with E-state index >= 15 is 0 Å². The van der Waals surface area contributed by atoms with Crippen LogP contribution in [0.25, 0.3) is 11.2 Å². The van der Waals surface area contributed by atoms with E-state index in [0.29, 0.717) is 3.71 Å². The number of imidazole rings is 1. The molecule has 2 fully saturated rings. The highest BCUT2D eigenvalue weighted by molar-refractivity contribution is 8.03. The lowest BCUT2D eigenvalue weighted by Crippen LogP contribution is -2.46. The normalized spacial score (nSPS) is 30.3. The highest BCUT2D eigenvalue weighted by atomic mass is 32.3. The Kier molecular flexibility index (Phi) is 4.96. The molecule has 2 aromatic rings. The standard InChI is InChI=1S/C13H19N7O7S2/c14-11-8-12(16-5-15-11)19(6-17-8)13-10(22)9(21)7(27-13)4-18-29(25,26)20-2-1-3-28(20,23)24/h5-7,9-10,13,18,21-22H,1-4H2,(H2,14,15,16)/t7-,9-,10-,13-/m1/s1. The molecule has 4 rings (SSSR count). The van der Waals surface area contributed by atoms with E-state index in [1.165, 1.54) is 17.2 Å². The van der Waals surface area contributed by atoms with Crippen molar-refractivity contribution >= 4 is 37.2 Å². The van der Waals surface area contributed by atoms with E-state index < -0.39 is 51.3 Å². The van der Waals surface area contributed by atoms with Gasteiger partial charge in [-0.3, -0.25) is 4.57 Å². The molecule has 160 valence electrons. The van der Waals surface area contributed by atoms with Crippen LogP contribution in [0.5, 0.6) is 0 Å². The van der Waals surface area contributed by atoms with Crippen molar-refractivity contribution in [1.29, 1.82) is 0 Å². The summed E-state index contributed by atoms with van der Waals surface area (Å²) in [6, 6.07) is 0. The fourth-order valence-electron chi connectivity index (χ4n) is 3.33. The van der Waals surface area contributed by atoms with Crippen molar-refractivity contribution < 1.29 is 31.8 Å². The number of nitrogens with one attached hydrogen (secondary N) is 1. The second-order valence-corrected chi connectivity index (χ2v) is 10.6. The summed E-state index contributed by atoms with van der Waals surface area (Å²) in [6.07, 6.45) is -2.43. The summed E-state index contributed by atoms with van der Waals surface area (Å²) < 4.78 is 57.7. The third kappa shape index (κ3) is 3.45. The lowest BCUT2D eigenvalue weighted by molar-refractivity contribution is -0.0330. The smallest absolute Gasteiger partial charge is 0.292 e. The number of nitrogens with two attached hydrogens (primary N) is 1. The maximum atomic E-state index is 12.3. The van der Waals surface area contributed by atoms with Gasteiger partial charge in [-0.1, -0.05) is 3.71 Å². The topological polar surface area (TPSA) is 203 Å². The van der Waals surface area contributed by atoms with Crippen molar-refractivity contribution in [3.63, 3.8) is 0 Å². The average molecular weight is 449 g/mol. The maximum absolute atomic E-state index is 12.3. The molecule has 4 atom stereocenters. The van der Waals surface area contributed by atoms with Crippen LogP contribution in [-0.4, -0.2) is 87.4 Å². The van der Waals surface area contributed by atoms with Crippen molar-refractivity contribution in [2.45, 2.75) is 31.0 Å². The van der Waals surface area contributed by atoms with E-state index in [2.05, 4.69) is 19.7 Å². The zero-order valence-corrected chi connectivity index (χ0v) is 16.5. The van der Waals surface area contributed by atoms with Crippen LogP contribution in [-0.2, 0) is 25.0 Å². The fourth-order valence-corrected chi connectivity index (χ4v) is 6.90. The van der Waals surface area contributed by atoms with Gasteiger partial charge in [0.15, 0.2) is 17.7 Å². The zero-order valence-electron chi connectivity index (χ0n) is 14.9. The van der Waals surface area contributed by atoms with E-state index in [0.717, 1.165) is 0 Å². The Bertz CT molecular complexity index is 1140. The Morgan fingerprint density at radius 2 is 2.03 bits per heavy atom. The van der Waals surface area contributed by atoms with Crippen LogP contribution >= 0.6 is 0 Å². The van der Waals surface area contributed by atoms with Gasteiger partial charge in [0.25, 0.3) is 10.2 Å². The summed E-state index contributed by atoms with van der Waals surface area (Å²) in [7, 11) is -8.24. The van der Waals surface area contributed by atoms with E-state index in [9.17, 15) is 27.0 Å². The molecule has 0 bridgehead atoms. The molecule has 5 N–H and O–H groups in total. The number of anilines is 1. The fraction of sp³-hybridized carbons (Fsp3) is 0.615. The monoisotopic (exact) mass is 449 g/mol. The number of aliphatic hydroxyl groups is 2. The highest BCUT2D eigenvalue weighted by Crippen LogP contribution is 2.32. The van der Waals surface area contributed by atoms with Gasteiger partial charge < -0.3 is 20.7 Å². The van der Waals surface area contributed by atoms with Crippen LogP contribution < -0.4 is 10.5 Å². The summed E-state index contributed by atoms with van der Waals surface area (Å²) in [5.41, 5.74) is 6.27. The quantitative estimate of drug-likeness (QED) is 0.360. The Morgan fingerprint density at radius 1 is 1.28 bits per heavy atom. The van der Waals surface area contributed by atoms with Crippen molar-refractivity contribution in [3.8, 4) is 0 Å². The molecular weight excluding hydrogens is 430 g/mol. The first-order chi connectivity index (χ1) is 13.6. The van der Waals surface area contributed by atoms with Gasteiger partial charge in [0.2, 0.25) is 10.0 Å². The molecule has 16 heteroatoms. The predicted molar refractivity (Wildman–Crippen MR) is 97.7 cm³/mol. The number of nitrogens with zero attached hydrogens (tertiary/aromatic N) is 5. The van der Waals surface area contributed by atoms with Crippen LogP contribution in [0.15, 0.2) is 12.7 Å². The lowest BCUT2D eigenvalue weighted by Gasteiger charge is -2.19. The van der Waals surface area contributed by atoms with Gasteiger partial charge in [0, 0.05) is 13.1 Å². The first-order valence-corrected chi connectivity index (χ1v) is 11.6. The molecule has 0 aromatic carbocycles. The molecule has 29 heavy (non-hydrogen) atoms. The number of fused-ring (bicyclic) bond motifs is 1. The summed E-state index contributed by atoms with van der Waals surface area (Å²) >= 11 is 0. The third-order valence-corrected chi connectivity index (χ3v) is 8.91. The van der Waals surface area contributed by atoms with Crippen LogP contribution in [0, 0.1) is 0 Å². The van der Waals surface area contributed by atoms with E-state index in [1.54, 1.807) is 0 Å². The average Bonchev–Trinajstić information content (AvgIpc) is 3.31. The summed E-state index contributed by atoms with van der Waals surface area (Å²) in [6.45, 7) is -0.605. The molecule has 0 spiro atoms. The molecule has 2 aliphatic rings. The molecule has 0 radical (unpaired) electrons. The largest absolute Gasteiger partial charge is 0.387 e. The Morgan fingerprint density at radius 3 is 2.72 bits per heavy atom. The lowest BCUT2D eigenvalue weighted by atomic mass is 10.1. The number of aliphatic hydroxyl groups excluding tert-OH is 2. The number of hydrogen-bond acceptors (Lipinski definition) is 11. The minimum absolute atomic E-state index is 0.123. The van der Waals surface area contributed by atoms with Crippen molar-refractivity contribution in [1.82, 2.24) is 28.0 Å². The number of ether oxygens (including phenoxy) is 1. The molecule has 14 nitrogen and oxygen atoms in total. The summed E-state index contributed by atoms with van der Waals surface area (Å²) in [4.78, 5) is 11.9. The second kappa shape index (κ2) is 7.08. The maximum Gasteiger partial charge on any atom is 0.292 e. The minimum Gasteiger partial charge on any atom is -0.387 e. The molecule has 2 saturated heterocycles. The first-order valence-electron chi connectivity index (χ1n) is 8.56. The minimum atomic E-state index is -4.34. The predicted octanol–water partition coefficient (Wildman–Crippen LogP) is -3.10. The molecular formula is C13H19N7O7S2. The number of rotatable bonds is 5. The van der Waals surface area contributed by atoms with Gasteiger partial charge in [-0.15, -0.1) is 0 Å². The van der Waals surface area contributed by atoms with E-state index in [-0.39, 0.29) is 35.7 Å². The van der Waals surface area contributed by atoms with E-state index in [1.807, 2.05) is 0 Å². The van der Waals surface area contributed by atoms with Gasteiger partial charge in [0.05, 0.1) is 12.1 Å². The number of hydrogen-bond donors (Lipinski definition) is 4. The third-order valence-electron chi connectivity index (χ3n) is 4.79. The van der Waals surface area contributed by atoms with E-state index in [4.69, 9.17) is 10.5 Å². The molecule has 0 aliphatic carbocycles. The Balaban J connectivity index is 1.51. The van der Waals surface area contributed by atoms with Gasteiger partial charge in [-0.25, -0.2) is 23.4 Å². The zero-order chi connectivity index (χ0) is 21.0. The number of aromatic nitrogens is 4. The number of sulfonamides is 1. The first kappa shape index (κ1) is 20.3. The van der Waals surface area contributed by atoms with Crippen LogP contribution in [0.1, 0.15) is 12.6 Å². The SMILES string of the molecule is Nc1ncnc2c1ncn2[C@@H]1O[C@H](CNS(=O)(=O)N2CCCS2(=O)=O)[C@@H](O)[C@H]1O. The van der Waals surface area contributed by atoms with Gasteiger partial charge >= 0.3 is 0 Å². The summed E-state index contributed by atoms with van der Waals surface area (Å²) in [5.74, 6) is -0.131. The Hall–Kier alpha value is -1.95. The molecule has 4 heterocycles. The van der Waals surface area contributed by atoms with Gasteiger partial charge in [0.1, 0.15) is 30.2 Å². The molecule has 2 aromatic heterocycles. The Labute approximate surface area is 165 Å². The van der Waals surface area contributed by atoms with Crippen molar-refractivity contribution in [3.05, 3.63) is 12.7 Å². The highest BCUT2D eigenvalue weighted by Gasteiger charge is 2.45.